The summed E-state index contributed by atoms with van der Waals surface area (Å²) in [5, 5.41) is 20.0. The molecule has 0 aliphatic rings. The third-order valence-corrected chi connectivity index (χ3v) is 4.92. The number of nitrogen functional groups attached to an aromatic ring is 1. The molecule has 0 bridgehead atoms. The van der Waals surface area contributed by atoms with Crippen LogP contribution in [-0.2, 0) is 0 Å². The van der Waals surface area contributed by atoms with Gasteiger partial charge in [-0.1, -0.05) is 24.3 Å². The topological polar surface area (TPSA) is 83.9 Å². The zero-order chi connectivity index (χ0) is 19.7. The second kappa shape index (κ2) is 7.32. The van der Waals surface area contributed by atoms with Gasteiger partial charge in [-0.25, -0.2) is 0 Å². The van der Waals surface area contributed by atoms with Gasteiger partial charge >= 0.3 is 0 Å². The van der Waals surface area contributed by atoms with E-state index in [4.69, 9.17) is 5.73 Å². The van der Waals surface area contributed by atoms with Crippen LogP contribution in [0.5, 0.6) is 5.75 Å². The summed E-state index contributed by atoms with van der Waals surface area (Å²) >= 11 is 4.53. The van der Waals surface area contributed by atoms with Crippen molar-refractivity contribution in [1.82, 2.24) is 4.98 Å². The number of thiol groups is 1. The summed E-state index contributed by atoms with van der Waals surface area (Å²) in [7, 11) is 0. The molecule has 0 unspecified atom stereocenters. The van der Waals surface area contributed by atoms with E-state index >= 15 is 0 Å². The molecule has 3 N–H and O–H groups in total. The summed E-state index contributed by atoms with van der Waals surface area (Å²) < 4.78 is 0. The minimum atomic E-state index is 0.239. The first-order valence-electron chi connectivity index (χ1n) is 8.71. The number of benzene rings is 3. The highest BCUT2D eigenvalue weighted by Crippen LogP contribution is 2.36. The fourth-order valence-electron chi connectivity index (χ4n) is 3.10. The Kier molecular flexibility index (Phi) is 4.71. The molecule has 3 aromatic carbocycles. The van der Waals surface area contributed by atoms with Gasteiger partial charge in [0.25, 0.3) is 0 Å². The van der Waals surface area contributed by atoms with Crippen molar-refractivity contribution in [3.05, 3.63) is 72.4 Å². The van der Waals surface area contributed by atoms with E-state index in [-0.39, 0.29) is 5.75 Å². The molecule has 0 spiro atoms. The minimum absolute atomic E-state index is 0.239. The summed E-state index contributed by atoms with van der Waals surface area (Å²) in [4.78, 5) is 5.26. The Labute approximate surface area is 168 Å². The number of phenols is 1. The molecule has 138 valence electrons. The van der Waals surface area contributed by atoms with Crippen molar-refractivity contribution in [2.45, 2.75) is 11.8 Å². The number of aromatic hydroxyl groups is 1. The highest BCUT2D eigenvalue weighted by molar-refractivity contribution is 7.80. The lowest BCUT2D eigenvalue weighted by molar-refractivity contribution is 0.475. The Balaban J connectivity index is 1.64. The summed E-state index contributed by atoms with van der Waals surface area (Å²) in [5.74, 6) is 0.239. The first-order valence-corrected chi connectivity index (χ1v) is 9.15. The van der Waals surface area contributed by atoms with Crippen LogP contribution in [0.25, 0.3) is 22.0 Å². The molecule has 6 heteroatoms. The number of phenolic OH excluding ortho intramolecular Hbond substituents is 1. The Morgan fingerprint density at radius 1 is 0.964 bits per heavy atom. The largest absolute Gasteiger partial charge is 0.508 e. The first kappa shape index (κ1) is 18.0. The van der Waals surface area contributed by atoms with Gasteiger partial charge in [0.05, 0.1) is 17.6 Å². The van der Waals surface area contributed by atoms with Crippen molar-refractivity contribution in [2.24, 2.45) is 10.2 Å². The van der Waals surface area contributed by atoms with E-state index in [1.165, 1.54) is 0 Å². The summed E-state index contributed by atoms with van der Waals surface area (Å²) in [6.07, 6.45) is 1.66. The van der Waals surface area contributed by atoms with E-state index < -0.39 is 0 Å². The van der Waals surface area contributed by atoms with Crippen molar-refractivity contribution in [1.29, 1.82) is 0 Å². The monoisotopic (exact) mass is 386 g/mol. The van der Waals surface area contributed by atoms with Crippen LogP contribution in [0.2, 0.25) is 0 Å². The van der Waals surface area contributed by atoms with Crippen LogP contribution in [0.1, 0.15) is 5.56 Å². The number of rotatable bonds is 3. The Hall–Kier alpha value is -3.38. The van der Waals surface area contributed by atoms with E-state index in [1.807, 2.05) is 55.5 Å². The van der Waals surface area contributed by atoms with Crippen LogP contribution in [0, 0.1) is 6.92 Å². The van der Waals surface area contributed by atoms with Gasteiger partial charge in [0.1, 0.15) is 17.1 Å². The number of azo groups is 1. The SMILES string of the molecule is Cc1cc(O)ccc1-c1ccc(/N=N/c2cc(S)c3ccccc3c2N)cn1. The van der Waals surface area contributed by atoms with Crippen molar-refractivity contribution in [2.75, 3.05) is 5.73 Å². The average molecular weight is 386 g/mol. The molecule has 0 fully saturated rings. The molecule has 5 nitrogen and oxygen atoms in total. The maximum Gasteiger partial charge on any atom is 0.115 e. The lowest BCUT2D eigenvalue weighted by Crippen LogP contribution is -1.89. The summed E-state index contributed by atoms with van der Waals surface area (Å²) in [5.41, 5.74) is 10.7. The van der Waals surface area contributed by atoms with Crippen molar-refractivity contribution in [3.8, 4) is 17.0 Å². The van der Waals surface area contributed by atoms with Crippen molar-refractivity contribution in [3.63, 3.8) is 0 Å². The quantitative estimate of drug-likeness (QED) is 0.223. The average Bonchev–Trinajstić information content (AvgIpc) is 2.70. The van der Waals surface area contributed by atoms with Gasteiger partial charge in [0.15, 0.2) is 0 Å². The smallest absolute Gasteiger partial charge is 0.115 e. The lowest BCUT2D eigenvalue weighted by atomic mass is 10.0. The van der Waals surface area contributed by atoms with Gasteiger partial charge in [-0.15, -0.1) is 22.9 Å². The van der Waals surface area contributed by atoms with Crippen LogP contribution in [0.3, 0.4) is 0 Å². The molecule has 0 saturated heterocycles. The number of nitrogens with zero attached hydrogens (tertiary/aromatic N) is 3. The fraction of sp³-hybridized carbons (Fsp3) is 0.0455. The van der Waals surface area contributed by atoms with Crippen LogP contribution in [0.4, 0.5) is 17.1 Å². The van der Waals surface area contributed by atoms with Gasteiger partial charge in [-0.05, 0) is 54.3 Å². The van der Waals surface area contributed by atoms with Crippen LogP contribution >= 0.6 is 12.6 Å². The molecule has 1 heterocycles. The number of hydrogen-bond donors (Lipinski definition) is 3. The van der Waals surface area contributed by atoms with Gasteiger partial charge in [0, 0.05) is 15.8 Å². The van der Waals surface area contributed by atoms with E-state index in [0.717, 1.165) is 32.5 Å². The third kappa shape index (κ3) is 3.42. The van der Waals surface area contributed by atoms with E-state index in [2.05, 4.69) is 27.8 Å². The zero-order valence-electron chi connectivity index (χ0n) is 15.2. The number of hydrogen-bond acceptors (Lipinski definition) is 6. The molecule has 0 amide bonds. The molecule has 1 aromatic heterocycles. The Bertz CT molecular complexity index is 1200. The molecule has 0 saturated carbocycles. The fourth-order valence-corrected chi connectivity index (χ4v) is 3.42. The van der Waals surface area contributed by atoms with Crippen molar-refractivity contribution < 1.29 is 5.11 Å². The second-order valence-electron chi connectivity index (χ2n) is 6.47. The van der Waals surface area contributed by atoms with Crippen molar-refractivity contribution >= 4 is 40.5 Å². The Morgan fingerprint density at radius 3 is 2.46 bits per heavy atom. The number of aryl methyl sites for hydroxylation is 1. The maximum atomic E-state index is 9.55. The lowest BCUT2D eigenvalue weighted by Gasteiger charge is -2.07. The van der Waals surface area contributed by atoms with E-state index in [1.54, 1.807) is 18.3 Å². The molecular formula is C22H18N4OS. The minimum Gasteiger partial charge on any atom is -0.508 e. The van der Waals surface area contributed by atoms with Crippen LogP contribution in [0.15, 0.2) is 82.0 Å². The highest BCUT2D eigenvalue weighted by atomic mass is 32.1. The van der Waals surface area contributed by atoms with Crippen LogP contribution in [-0.4, -0.2) is 10.1 Å². The predicted molar refractivity (Wildman–Crippen MR) is 116 cm³/mol. The molecule has 4 aromatic rings. The second-order valence-corrected chi connectivity index (χ2v) is 6.96. The number of anilines is 1. The molecular weight excluding hydrogens is 368 g/mol. The van der Waals surface area contributed by atoms with Gasteiger partial charge in [0.2, 0.25) is 0 Å². The predicted octanol–water partition coefficient (Wildman–Crippen LogP) is 6.20. The van der Waals surface area contributed by atoms with Gasteiger partial charge in [-0.2, -0.15) is 0 Å². The van der Waals surface area contributed by atoms with Crippen LogP contribution < -0.4 is 5.73 Å². The standard InChI is InChI=1S/C22H18N4OS/c1-13-10-15(27)7-8-16(13)19-9-6-14(12-24-19)25-26-20-11-21(28)17-4-2-3-5-18(17)22(20)23/h2-12,27-28H,23H2,1H3/b26-25+. The molecule has 0 atom stereocenters. The number of pyridine rings is 1. The molecule has 0 aliphatic heterocycles. The third-order valence-electron chi connectivity index (χ3n) is 4.55. The maximum absolute atomic E-state index is 9.55. The number of nitrogens with two attached hydrogens (primary N) is 1. The molecule has 0 aliphatic carbocycles. The van der Waals surface area contributed by atoms with Gasteiger partial charge < -0.3 is 10.8 Å². The molecule has 0 radical (unpaired) electrons. The van der Waals surface area contributed by atoms with E-state index in [0.29, 0.717) is 17.1 Å². The first-order chi connectivity index (χ1) is 13.5. The zero-order valence-corrected chi connectivity index (χ0v) is 16.1. The summed E-state index contributed by atoms with van der Waals surface area (Å²) in [6.45, 7) is 1.93. The molecule has 28 heavy (non-hydrogen) atoms. The van der Waals surface area contributed by atoms with Gasteiger partial charge in [-0.3, -0.25) is 4.98 Å². The number of fused-ring (bicyclic) bond motifs is 1. The van der Waals surface area contributed by atoms with E-state index in [9.17, 15) is 5.11 Å². The summed E-state index contributed by atoms with van der Waals surface area (Å²) in [6, 6.07) is 18.5. The normalized spacial score (nSPS) is 11.4. The number of aromatic nitrogens is 1. The molecule has 4 rings (SSSR count). The highest BCUT2D eigenvalue weighted by Gasteiger charge is 2.08. The Morgan fingerprint density at radius 2 is 1.75 bits per heavy atom.